The number of ether oxygens (including phenoxy) is 1. The first-order chi connectivity index (χ1) is 9.95. The van der Waals surface area contributed by atoms with Gasteiger partial charge in [-0.15, -0.1) is 0 Å². The summed E-state index contributed by atoms with van der Waals surface area (Å²) in [5.74, 6) is 0.119. The Morgan fingerprint density at radius 1 is 1.33 bits per heavy atom. The quantitative estimate of drug-likeness (QED) is 0.888. The minimum Gasteiger partial charge on any atom is -0.435 e. The van der Waals surface area contributed by atoms with Crippen molar-refractivity contribution < 1.29 is 18.3 Å². The predicted octanol–water partition coefficient (Wildman–Crippen LogP) is 3.39. The van der Waals surface area contributed by atoms with Gasteiger partial charge in [-0.1, -0.05) is 19.9 Å². The summed E-state index contributed by atoms with van der Waals surface area (Å²) in [5.41, 5.74) is 1.10. The molecular formula is C14H15F2N3O2. The topological polar surface area (TPSA) is 67.0 Å². The number of nitrogens with one attached hydrogen (secondary N) is 2. The second kappa shape index (κ2) is 6.34. The molecule has 2 N–H and O–H groups in total. The van der Waals surface area contributed by atoms with Crippen molar-refractivity contribution in [2.45, 2.75) is 26.4 Å². The maximum atomic E-state index is 12.1. The molecule has 0 radical (unpaired) electrons. The van der Waals surface area contributed by atoms with Crippen LogP contribution < -0.4 is 10.1 Å². The number of aromatic amines is 1. The van der Waals surface area contributed by atoms with Gasteiger partial charge in [-0.25, -0.2) is 0 Å². The second-order valence-electron chi connectivity index (χ2n) is 4.72. The smallest absolute Gasteiger partial charge is 0.387 e. The summed E-state index contributed by atoms with van der Waals surface area (Å²) in [7, 11) is 0. The third-order valence-electron chi connectivity index (χ3n) is 2.78. The lowest BCUT2D eigenvalue weighted by atomic mass is 10.1. The van der Waals surface area contributed by atoms with Crippen molar-refractivity contribution >= 4 is 11.7 Å². The highest BCUT2D eigenvalue weighted by atomic mass is 19.3. The molecule has 0 saturated carbocycles. The second-order valence-corrected chi connectivity index (χ2v) is 4.72. The standard InChI is InChI=1S/C14H15F2N3O2/c1-8(2)11-7-12(19-18-11)17-13(20)9-4-3-5-10(6-9)21-14(15)16/h3-8,14H,1-2H3,(H2,17,18,19,20). The van der Waals surface area contributed by atoms with Gasteiger partial charge in [-0.3, -0.25) is 9.89 Å². The SMILES string of the molecule is CC(C)c1cc(NC(=O)c2cccc(OC(F)F)c2)n[nH]1. The fourth-order valence-electron chi connectivity index (χ4n) is 1.70. The summed E-state index contributed by atoms with van der Waals surface area (Å²) in [6.07, 6.45) is 0. The molecule has 0 unspecified atom stereocenters. The molecular weight excluding hydrogens is 280 g/mol. The number of amides is 1. The molecule has 0 bridgehead atoms. The third kappa shape index (κ3) is 4.01. The molecule has 7 heteroatoms. The largest absolute Gasteiger partial charge is 0.435 e. The number of benzene rings is 1. The van der Waals surface area contributed by atoms with Gasteiger partial charge in [-0.2, -0.15) is 13.9 Å². The summed E-state index contributed by atoms with van der Waals surface area (Å²) >= 11 is 0. The van der Waals surface area contributed by atoms with E-state index in [1.54, 1.807) is 6.07 Å². The lowest BCUT2D eigenvalue weighted by Gasteiger charge is -2.06. The average molecular weight is 295 g/mol. The minimum atomic E-state index is -2.93. The molecule has 21 heavy (non-hydrogen) atoms. The van der Waals surface area contributed by atoms with E-state index in [0.29, 0.717) is 5.82 Å². The molecule has 1 aromatic heterocycles. The van der Waals surface area contributed by atoms with Crippen molar-refractivity contribution in [2.75, 3.05) is 5.32 Å². The van der Waals surface area contributed by atoms with Crippen molar-refractivity contribution in [1.82, 2.24) is 10.2 Å². The van der Waals surface area contributed by atoms with Crippen LogP contribution >= 0.6 is 0 Å². The van der Waals surface area contributed by atoms with Crippen molar-refractivity contribution in [3.63, 3.8) is 0 Å². The molecule has 0 aliphatic heterocycles. The van der Waals surface area contributed by atoms with Crippen LogP contribution in [0.3, 0.4) is 0 Å². The molecule has 1 amide bonds. The summed E-state index contributed by atoms with van der Waals surface area (Å²) in [4.78, 5) is 12.0. The lowest BCUT2D eigenvalue weighted by molar-refractivity contribution is -0.0498. The van der Waals surface area contributed by atoms with E-state index in [1.165, 1.54) is 24.3 Å². The molecule has 0 aliphatic carbocycles. The lowest BCUT2D eigenvalue weighted by Crippen LogP contribution is -2.12. The number of anilines is 1. The normalized spacial score (nSPS) is 11.0. The Morgan fingerprint density at radius 3 is 2.71 bits per heavy atom. The van der Waals surface area contributed by atoms with Gasteiger partial charge in [0.15, 0.2) is 5.82 Å². The van der Waals surface area contributed by atoms with E-state index in [9.17, 15) is 13.6 Å². The Kier molecular flexibility index (Phi) is 4.52. The van der Waals surface area contributed by atoms with Gasteiger partial charge in [0.05, 0.1) is 0 Å². The zero-order chi connectivity index (χ0) is 15.4. The fourth-order valence-corrected chi connectivity index (χ4v) is 1.70. The summed E-state index contributed by atoms with van der Waals surface area (Å²) in [5, 5.41) is 9.37. The molecule has 0 aliphatic rings. The van der Waals surface area contributed by atoms with Crippen molar-refractivity contribution in [2.24, 2.45) is 0 Å². The Hall–Kier alpha value is -2.44. The van der Waals surface area contributed by atoms with Gasteiger partial charge < -0.3 is 10.1 Å². The molecule has 0 fully saturated rings. The molecule has 1 aromatic carbocycles. The highest BCUT2D eigenvalue weighted by Gasteiger charge is 2.12. The summed E-state index contributed by atoms with van der Waals surface area (Å²) < 4.78 is 28.5. The zero-order valence-electron chi connectivity index (χ0n) is 11.6. The van der Waals surface area contributed by atoms with Crippen molar-refractivity contribution in [3.8, 4) is 5.75 Å². The number of halogens is 2. The number of alkyl halides is 2. The number of nitrogens with zero attached hydrogens (tertiary/aromatic N) is 1. The van der Waals surface area contributed by atoms with Crippen LogP contribution in [0.1, 0.15) is 35.8 Å². The van der Waals surface area contributed by atoms with Crippen LogP contribution in [-0.2, 0) is 0 Å². The first kappa shape index (κ1) is 15.0. The van der Waals surface area contributed by atoms with E-state index in [4.69, 9.17) is 0 Å². The van der Waals surface area contributed by atoms with Gasteiger partial charge in [0.2, 0.25) is 0 Å². The number of H-pyrrole nitrogens is 1. The molecule has 1 heterocycles. The van der Waals surface area contributed by atoms with E-state index in [2.05, 4.69) is 20.3 Å². The number of hydrogen-bond acceptors (Lipinski definition) is 3. The van der Waals surface area contributed by atoms with Crippen molar-refractivity contribution in [3.05, 3.63) is 41.6 Å². The zero-order valence-corrected chi connectivity index (χ0v) is 11.6. The van der Waals surface area contributed by atoms with E-state index in [-0.39, 0.29) is 17.2 Å². The fraction of sp³-hybridized carbons (Fsp3) is 0.286. The van der Waals surface area contributed by atoms with Crippen LogP contribution in [0, 0.1) is 0 Å². The monoisotopic (exact) mass is 295 g/mol. The number of rotatable bonds is 5. The highest BCUT2D eigenvalue weighted by molar-refractivity contribution is 6.04. The minimum absolute atomic E-state index is 0.0671. The third-order valence-corrected chi connectivity index (χ3v) is 2.78. The maximum absolute atomic E-state index is 12.1. The first-order valence-corrected chi connectivity index (χ1v) is 6.37. The van der Waals surface area contributed by atoms with Crippen LogP contribution in [0.25, 0.3) is 0 Å². The maximum Gasteiger partial charge on any atom is 0.387 e. The Balaban J connectivity index is 2.08. The summed E-state index contributed by atoms with van der Waals surface area (Å²) in [6, 6.07) is 7.30. The van der Waals surface area contributed by atoms with Gasteiger partial charge in [0.25, 0.3) is 5.91 Å². The predicted molar refractivity (Wildman–Crippen MR) is 73.7 cm³/mol. The number of hydrogen-bond donors (Lipinski definition) is 2. The van der Waals surface area contributed by atoms with Crippen LogP contribution in [0.15, 0.2) is 30.3 Å². The molecule has 0 saturated heterocycles. The summed E-state index contributed by atoms with van der Waals surface area (Å²) in [6.45, 7) is 1.05. The molecule has 2 aromatic rings. The van der Waals surface area contributed by atoms with Gasteiger partial charge in [0.1, 0.15) is 5.75 Å². The van der Waals surface area contributed by atoms with E-state index in [1.807, 2.05) is 13.8 Å². The number of aromatic nitrogens is 2. The van der Waals surface area contributed by atoms with Crippen LogP contribution in [0.2, 0.25) is 0 Å². The van der Waals surface area contributed by atoms with E-state index >= 15 is 0 Å². The van der Waals surface area contributed by atoms with Crippen LogP contribution in [0.5, 0.6) is 5.75 Å². The van der Waals surface area contributed by atoms with E-state index < -0.39 is 12.5 Å². The molecule has 0 spiro atoms. The average Bonchev–Trinajstić information content (AvgIpc) is 2.87. The van der Waals surface area contributed by atoms with Gasteiger partial charge in [-0.05, 0) is 24.1 Å². The first-order valence-electron chi connectivity index (χ1n) is 6.37. The van der Waals surface area contributed by atoms with Crippen LogP contribution in [-0.4, -0.2) is 22.7 Å². The molecule has 2 rings (SSSR count). The Bertz CT molecular complexity index is 626. The molecule has 0 atom stereocenters. The van der Waals surface area contributed by atoms with Gasteiger partial charge in [0, 0.05) is 17.3 Å². The van der Waals surface area contributed by atoms with Crippen molar-refractivity contribution in [1.29, 1.82) is 0 Å². The van der Waals surface area contributed by atoms with Crippen LogP contribution in [0.4, 0.5) is 14.6 Å². The van der Waals surface area contributed by atoms with Gasteiger partial charge >= 0.3 is 6.61 Å². The van der Waals surface area contributed by atoms with E-state index in [0.717, 1.165) is 5.69 Å². The molecule has 5 nitrogen and oxygen atoms in total. The number of carbonyl (C=O) groups excluding carboxylic acids is 1. The Morgan fingerprint density at radius 2 is 2.10 bits per heavy atom. The Labute approximate surface area is 120 Å². The highest BCUT2D eigenvalue weighted by Crippen LogP contribution is 2.18. The molecule has 112 valence electrons. The number of carbonyl (C=O) groups is 1.